The summed E-state index contributed by atoms with van der Waals surface area (Å²) in [6.45, 7) is 3.36. The summed E-state index contributed by atoms with van der Waals surface area (Å²) < 4.78 is 60.9. The number of halogens is 3. The quantitative estimate of drug-likeness (QED) is 0.706. The molecule has 27 heavy (non-hydrogen) atoms. The highest BCUT2D eigenvalue weighted by Gasteiger charge is 2.41. The van der Waals surface area contributed by atoms with E-state index in [9.17, 15) is 13.2 Å². The molecule has 4 rings (SSSR count). The standard InChI is InChI=1S/C21H23F3O3/c1-2-9-25-16-4-3-14-12-15(18(22)20(24)17(14)19(16)23)13-5-7-21(8-6-13)26-10-11-27-21/h3-4,12-13H,2,5-11H2,1H3. The normalized spacial score (nSPS) is 19.9. The van der Waals surface area contributed by atoms with E-state index in [-0.39, 0.29) is 17.1 Å². The van der Waals surface area contributed by atoms with E-state index < -0.39 is 23.2 Å². The van der Waals surface area contributed by atoms with Crippen molar-refractivity contribution in [2.45, 2.75) is 50.7 Å². The third kappa shape index (κ3) is 3.29. The Kier molecular flexibility index (Phi) is 5.03. The first kappa shape index (κ1) is 18.6. The summed E-state index contributed by atoms with van der Waals surface area (Å²) in [4.78, 5) is 0. The Balaban J connectivity index is 1.66. The molecule has 1 heterocycles. The van der Waals surface area contributed by atoms with Crippen LogP contribution >= 0.6 is 0 Å². The van der Waals surface area contributed by atoms with Crippen LogP contribution in [-0.4, -0.2) is 25.6 Å². The van der Waals surface area contributed by atoms with Gasteiger partial charge in [0, 0.05) is 12.8 Å². The third-order valence-corrected chi connectivity index (χ3v) is 5.58. The van der Waals surface area contributed by atoms with Gasteiger partial charge in [0.2, 0.25) is 0 Å². The Labute approximate surface area is 156 Å². The summed E-state index contributed by atoms with van der Waals surface area (Å²) in [5.41, 5.74) is 0.300. The van der Waals surface area contributed by atoms with Crippen molar-refractivity contribution in [2.24, 2.45) is 0 Å². The monoisotopic (exact) mass is 380 g/mol. The van der Waals surface area contributed by atoms with Crippen molar-refractivity contribution in [3.05, 3.63) is 41.2 Å². The predicted octanol–water partition coefficient (Wildman–Crippen LogP) is 5.45. The number of rotatable bonds is 4. The van der Waals surface area contributed by atoms with Gasteiger partial charge in [-0.2, -0.15) is 0 Å². The molecule has 2 aliphatic rings. The minimum atomic E-state index is -1.14. The number of fused-ring (bicyclic) bond motifs is 1. The molecule has 0 atom stereocenters. The van der Waals surface area contributed by atoms with E-state index in [1.54, 1.807) is 12.1 Å². The molecule has 1 saturated carbocycles. The lowest BCUT2D eigenvalue weighted by atomic mass is 9.80. The molecule has 0 amide bonds. The summed E-state index contributed by atoms with van der Waals surface area (Å²) in [5.74, 6) is -3.70. The van der Waals surface area contributed by atoms with Gasteiger partial charge in [0.25, 0.3) is 0 Å². The molecule has 1 aliphatic heterocycles. The third-order valence-electron chi connectivity index (χ3n) is 5.58. The predicted molar refractivity (Wildman–Crippen MR) is 95.5 cm³/mol. The number of ether oxygens (including phenoxy) is 3. The van der Waals surface area contributed by atoms with Crippen molar-refractivity contribution in [3.8, 4) is 5.75 Å². The average molecular weight is 380 g/mol. The van der Waals surface area contributed by atoms with Crippen molar-refractivity contribution < 1.29 is 27.4 Å². The van der Waals surface area contributed by atoms with E-state index >= 15 is 0 Å². The average Bonchev–Trinajstić information content (AvgIpc) is 3.13. The molecular formula is C21H23F3O3. The Morgan fingerprint density at radius 1 is 1.04 bits per heavy atom. The first-order chi connectivity index (χ1) is 13.0. The molecule has 6 heteroatoms. The topological polar surface area (TPSA) is 27.7 Å². The summed E-state index contributed by atoms with van der Waals surface area (Å²) in [6, 6.07) is 4.63. The highest BCUT2D eigenvalue weighted by Crippen LogP contribution is 2.44. The molecule has 3 nitrogen and oxygen atoms in total. The molecular weight excluding hydrogens is 357 g/mol. The molecule has 0 bridgehead atoms. The molecule has 1 spiro atoms. The first-order valence-electron chi connectivity index (χ1n) is 9.55. The van der Waals surface area contributed by atoms with Gasteiger partial charge in [0.05, 0.1) is 25.2 Å². The molecule has 0 N–H and O–H groups in total. The second-order valence-electron chi connectivity index (χ2n) is 7.30. The highest BCUT2D eigenvalue weighted by atomic mass is 19.2. The lowest BCUT2D eigenvalue weighted by molar-refractivity contribution is -0.178. The van der Waals surface area contributed by atoms with Crippen LogP contribution in [0.1, 0.15) is 50.5 Å². The Bertz CT molecular complexity index is 836. The maximum absolute atomic E-state index is 14.8. The van der Waals surface area contributed by atoms with Gasteiger partial charge in [0.15, 0.2) is 29.0 Å². The summed E-state index contributed by atoms with van der Waals surface area (Å²) in [7, 11) is 0. The van der Waals surface area contributed by atoms with Crippen LogP contribution in [0.25, 0.3) is 10.8 Å². The van der Waals surface area contributed by atoms with Crippen molar-refractivity contribution >= 4 is 10.8 Å². The van der Waals surface area contributed by atoms with Crippen LogP contribution < -0.4 is 4.74 Å². The van der Waals surface area contributed by atoms with Crippen LogP contribution in [0.4, 0.5) is 13.2 Å². The zero-order valence-corrected chi connectivity index (χ0v) is 15.3. The van der Waals surface area contributed by atoms with Gasteiger partial charge < -0.3 is 14.2 Å². The van der Waals surface area contributed by atoms with Crippen molar-refractivity contribution in [2.75, 3.05) is 19.8 Å². The van der Waals surface area contributed by atoms with Crippen molar-refractivity contribution in [3.63, 3.8) is 0 Å². The van der Waals surface area contributed by atoms with Crippen LogP contribution in [0.15, 0.2) is 18.2 Å². The molecule has 2 aromatic rings. The fourth-order valence-electron chi connectivity index (χ4n) is 4.16. The fraction of sp³-hybridized carbons (Fsp3) is 0.524. The Morgan fingerprint density at radius 2 is 1.74 bits per heavy atom. The lowest BCUT2D eigenvalue weighted by Gasteiger charge is -2.35. The van der Waals surface area contributed by atoms with Gasteiger partial charge in [-0.25, -0.2) is 13.2 Å². The molecule has 2 fully saturated rings. The molecule has 146 valence electrons. The summed E-state index contributed by atoms with van der Waals surface area (Å²) in [6.07, 6.45) is 3.28. The van der Waals surface area contributed by atoms with E-state index in [0.29, 0.717) is 62.9 Å². The van der Waals surface area contributed by atoms with Gasteiger partial charge in [-0.05, 0) is 48.3 Å². The molecule has 0 aromatic heterocycles. The smallest absolute Gasteiger partial charge is 0.175 e. The van der Waals surface area contributed by atoms with Crippen molar-refractivity contribution in [1.29, 1.82) is 0 Å². The molecule has 0 unspecified atom stereocenters. The fourth-order valence-corrected chi connectivity index (χ4v) is 4.16. The minimum Gasteiger partial charge on any atom is -0.491 e. The Hall–Kier alpha value is -1.79. The maximum Gasteiger partial charge on any atom is 0.175 e. The molecule has 1 saturated heterocycles. The minimum absolute atomic E-state index is 0.0504. The van der Waals surface area contributed by atoms with E-state index in [1.165, 1.54) is 6.07 Å². The van der Waals surface area contributed by atoms with E-state index in [1.807, 2.05) is 6.92 Å². The molecule has 2 aromatic carbocycles. The second kappa shape index (κ2) is 7.32. The zero-order valence-electron chi connectivity index (χ0n) is 15.3. The number of hydrogen-bond acceptors (Lipinski definition) is 3. The van der Waals surface area contributed by atoms with E-state index in [4.69, 9.17) is 14.2 Å². The Morgan fingerprint density at radius 3 is 2.41 bits per heavy atom. The van der Waals surface area contributed by atoms with Crippen LogP contribution in [0.5, 0.6) is 5.75 Å². The highest BCUT2D eigenvalue weighted by molar-refractivity contribution is 5.86. The van der Waals surface area contributed by atoms with E-state index in [2.05, 4.69) is 0 Å². The van der Waals surface area contributed by atoms with Gasteiger partial charge in [0.1, 0.15) is 0 Å². The zero-order chi connectivity index (χ0) is 19.0. The first-order valence-corrected chi connectivity index (χ1v) is 9.55. The van der Waals surface area contributed by atoms with E-state index in [0.717, 1.165) is 0 Å². The van der Waals surface area contributed by atoms with Crippen LogP contribution in [0.3, 0.4) is 0 Å². The number of hydrogen-bond donors (Lipinski definition) is 0. The van der Waals surface area contributed by atoms with Crippen molar-refractivity contribution in [1.82, 2.24) is 0 Å². The van der Waals surface area contributed by atoms with Crippen LogP contribution in [0, 0.1) is 17.5 Å². The SMILES string of the molecule is CCCOc1ccc2cc(C3CCC4(CC3)OCCO4)c(F)c(F)c2c1F. The lowest BCUT2D eigenvalue weighted by Crippen LogP contribution is -2.34. The largest absolute Gasteiger partial charge is 0.491 e. The van der Waals surface area contributed by atoms with Crippen LogP contribution in [-0.2, 0) is 9.47 Å². The van der Waals surface area contributed by atoms with Crippen LogP contribution in [0.2, 0.25) is 0 Å². The second-order valence-corrected chi connectivity index (χ2v) is 7.30. The summed E-state index contributed by atoms with van der Waals surface area (Å²) in [5, 5.41) is -0.00139. The summed E-state index contributed by atoms with van der Waals surface area (Å²) >= 11 is 0. The molecule has 1 aliphatic carbocycles. The van der Waals surface area contributed by atoms with Gasteiger partial charge in [-0.3, -0.25) is 0 Å². The molecule has 0 radical (unpaired) electrons. The number of benzene rings is 2. The van der Waals surface area contributed by atoms with Gasteiger partial charge in [-0.15, -0.1) is 0 Å². The van der Waals surface area contributed by atoms with Gasteiger partial charge >= 0.3 is 0 Å². The maximum atomic E-state index is 14.8. The van der Waals surface area contributed by atoms with Gasteiger partial charge in [-0.1, -0.05) is 13.0 Å².